The Hall–Kier alpha value is 0.611. The largest absolute Gasteiger partial charge is 0.382 e. The summed E-state index contributed by atoms with van der Waals surface area (Å²) in [6.45, 7) is 9.66. The summed E-state index contributed by atoms with van der Waals surface area (Å²) in [5, 5.41) is 0. The molecular weight excluding hydrogens is 196 g/mol. The molecule has 1 atom stereocenters. The molecule has 0 radical (unpaired) electrons. The molecule has 1 aliphatic heterocycles. The van der Waals surface area contributed by atoms with Crippen molar-refractivity contribution in [1.82, 2.24) is 0 Å². The minimum absolute atomic E-state index is 0.179. The monoisotopic (exact) mass is 218 g/mol. The topological polar surface area (TPSA) is 9.23 Å². The highest BCUT2D eigenvalue weighted by Crippen LogP contribution is 2.38. The van der Waals surface area contributed by atoms with Gasteiger partial charge in [0, 0.05) is 41.8 Å². The van der Waals surface area contributed by atoms with Crippen LogP contribution in [0, 0.1) is 0 Å². The smallest absolute Gasteiger partial charge is 0.0465 e. The van der Waals surface area contributed by atoms with Gasteiger partial charge in [0.05, 0.1) is 0 Å². The maximum atomic E-state index is 5.77. The van der Waals surface area contributed by atoms with Crippen LogP contribution in [0.15, 0.2) is 0 Å². The number of hydrogen-bond donors (Lipinski definition) is 0. The molecule has 0 saturated carbocycles. The summed E-state index contributed by atoms with van der Waals surface area (Å²) in [6.07, 6.45) is 1.57. The molecule has 1 aliphatic rings. The molecule has 0 bridgehead atoms. The summed E-state index contributed by atoms with van der Waals surface area (Å²) in [6, 6.07) is 0. The van der Waals surface area contributed by atoms with E-state index in [1.165, 1.54) is 0 Å². The maximum Gasteiger partial charge on any atom is 0.0465 e. The van der Waals surface area contributed by atoms with E-state index in [2.05, 4.69) is 19.6 Å². The zero-order chi connectivity index (χ0) is 9.03. The van der Waals surface area contributed by atoms with Crippen LogP contribution in [0.25, 0.3) is 0 Å². The summed E-state index contributed by atoms with van der Waals surface area (Å²) < 4.78 is 6.60. The summed E-state index contributed by atoms with van der Waals surface area (Å²) in [5.74, 6) is 0. The van der Waals surface area contributed by atoms with E-state index in [-0.39, 0.29) is 28.6 Å². The standard InChI is InChI=1S/C8H22OSi3/c1-10-7-4-8(11-2,12-3)6-9-5-7/h7H,4-6,10-12H2,1-3H3. The Morgan fingerprint density at radius 3 is 2.42 bits per heavy atom. The van der Waals surface area contributed by atoms with Gasteiger partial charge in [-0.2, -0.15) is 0 Å². The lowest BCUT2D eigenvalue weighted by molar-refractivity contribution is 0.0852. The second kappa shape index (κ2) is 4.74. The lowest BCUT2D eigenvalue weighted by Crippen LogP contribution is -2.37. The van der Waals surface area contributed by atoms with Crippen molar-refractivity contribution in [2.45, 2.75) is 36.3 Å². The lowest BCUT2D eigenvalue weighted by atomic mass is 10.2. The van der Waals surface area contributed by atoms with Crippen LogP contribution in [0.4, 0.5) is 0 Å². The van der Waals surface area contributed by atoms with Crippen molar-refractivity contribution < 1.29 is 4.74 Å². The first kappa shape index (κ1) is 10.7. The first-order valence-electron chi connectivity index (χ1n) is 5.34. The van der Waals surface area contributed by atoms with Gasteiger partial charge in [0.1, 0.15) is 0 Å². The van der Waals surface area contributed by atoms with Crippen molar-refractivity contribution in [3.05, 3.63) is 0 Å². The van der Waals surface area contributed by atoms with E-state index in [1.54, 1.807) is 6.42 Å². The molecule has 1 unspecified atom stereocenters. The normalized spacial score (nSPS) is 39.8. The van der Waals surface area contributed by atoms with Crippen molar-refractivity contribution >= 4 is 28.6 Å². The molecule has 1 fully saturated rings. The zero-order valence-electron chi connectivity index (χ0n) is 8.73. The Kier molecular flexibility index (Phi) is 4.22. The SMILES string of the molecule is C[SiH2]C1COCC([SiH2]C)([SiH2]C)C1. The Bertz CT molecular complexity index is 136. The molecule has 1 heterocycles. The lowest BCUT2D eigenvalue weighted by Gasteiger charge is -2.39. The molecule has 12 heavy (non-hydrogen) atoms. The zero-order valence-corrected chi connectivity index (χ0v) is 13.0. The van der Waals surface area contributed by atoms with Crippen molar-refractivity contribution in [1.29, 1.82) is 0 Å². The third-order valence-corrected chi connectivity index (χ3v) is 12.2. The molecule has 0 aromatic heterocycles. The summed E-state index contributed by atoms with van der Waals surface area (Å²) in [5.41, 5.74) is 1.03. The van der Waals surface area contributed by atoms with Crippen molar-refractivity contribution in [2.24, 2.45) is 0 Å². The maximum absolute atomic E-state index is 5.77. The number of hydrogen-bond acceptors (Lipinski definition) is 1. The summed E-state index contributed by atoms with van der Waals surface area (Å²) in [7, 11) is 0.559. The van der Waals surface area contributed by atoms with Gasteiger partial charge >= 0.3 is 0 Å². The van der Waals surface area contributed by atoms with E-state index >= 15 is 0 Å². The molecule has 0 amide bonds. The van der Waals surface area contributed by atoms with E-state index < -0.39 is 0 Å². The highest BCUT2D eigenvalue weighted by molar-refractivity contribution is 6.61. The van der Waals surface area contributed by atoms with Crippen LogP contribution in [0.2, 0.25) is 29.8 Å². The Labute approximate surface area is 83.1 Å². The molecule has 72 valence electrons. The van der Waals surface area contributed by atoms with Crippen molar-refractivity contribution in [2.75, 3.05) is 13.2 Å². The van der Waals surface area contributed by atoms with Crippen LogP contribution in [-0.4, -0.2) is 41.8 Å². The van der Waals surface area contributed by atoms with Crippen LogP contribution in [0.1, 0.15) is 6.42 Å². The molecule has 1 saturated heterocycles. The van der Waals surface area contributed by atoms with E-state index in [9.17, 15) is 0 Å². The third kappa shape index (κ3) is 2.31. The van der Waals surface area contributed by atoms with Crippen LogP contribution < -0.4 is 0 Å². The quantitative estimate of drug-likeness (QED) is 0.604. The van der Waals surface area contributed by atoms with Crippen molar-refractivity contribution in [3.8, 4) is 0 Å². The molecule has 0 aliphatic carbocycles. The minimum atomic E-state index is 0.179. The fourth-order valence-electron chi connectivity index (χ4n) is 2.18. The molecule has 1 rings (SSSR count). The van der Waals surface area contributed by atoms with E-state index in [0.717, 1.165) is 23.4 Å². The van der Waals surface area contributed by atoms with Gasteiger partial charge in [-0.05, 0) is 16.6 Å². The molecule has 1 nitrogen and oxygen atoms in total. The molecule has 0 aromatic carbocycles. The van der Waals surface area contributed by atoms with Gasteiger partial charge in [0.2, 0.25) is 0 Å². The van der Waals surface area contributed by atoms with Gasteiger partial charge in [0.15, 0.2) is 0 Å². The minimum Gasteiger partial charge on any atom is -0.382 e. The number of ether oxygens (including phenoxy) is 1. The highest BCUT2D eigenvalue weighted by atomic mass is 28.3. The second-order valence-electron chi connectivity index (χ2n) is 4.20. The fourth-order valence-corrected chi connectivity index (χ4v) is 8.39. The average molecular weight is 219 g/mol. The van der Waals surface area contributed by atoms with Crippen LogP contribution in [0.3, 0.4) is 0 Å². The second-order valence-corrected chi connectivity index (χ2v) is 11.6. The van der Waals surface area contributed by atoms with Crippen LogP contribution in [0.5, 0.6) is 0 Å². The Balaban J connectivity index is 2.52. The van der Waals surface area contributed by atoms with Crippen LogP contribution in [-0.2, 0) is 4.74 Å². The molecular formula is C8H22OSi3. The number of rotatable bonds is 3. The average Bonchev–Trinajstić information content (AvgIpc) is 2.18. The predicted molar refractivity (Wildman–Crippen MR) is 65.1 cm³/mol. The summed E-state index contributed by atoms with van der Waals surface area (Å²) in [4.78, 5) is 0. The van der Waals surface area contributed by atoms with Gasteiger partial charge in [-0.3, -0.25) is 0 Å². The van der Waals surface area contributed by atoms with Gasteiger partial charge in [-0.25, -0.2) is 0 Å². The first-order valence-corrected chi connectivity index (χ1v) is 11.8. The third-order valence-electron chi connectivity index (χ3n) is 3.56. The first-order chi connectivity index (χ1) is 5.76. The fraction of sp³-hybridized carbons (Fsp3) is 1.00. The molecule has 4 heteroatoms. The van der Waals surface area contributed by atoms with Gasteiger partial charge in [-0.15, -0.1) is 0 Å². The van der Waals surface area contributed by atoms with Crippen LogP contribution >= 0.6 is 0 Å². The van der Waals surface area contributed by atoms with E-state index in [0.29, 0.717) is 0 Å². The van der Waals surface area contributed by atoms with E-state index in [1.807, 2.05) is 0 Å². The van der Waals surface area contributed by atoms with Gasteiger partial charge < -0.3 is 4.74 Å². The molecule has 0 aromatic rings. The predicted octanol–water partition coefficient (Wildman–Crippen LogP) is -0.0379. The van der Waals surface area contributed by atoms with Gasteiger partial charge in [0.25, 0.3) is 0 Å². The van der Waals surface area contributed by atoms with Gasteiger partial charge in [-0.1, -0.05) is 19.6 Å². The molecule has 0 spiro atoms. The highest BCUT2D eigenvalue weighted by Gasteiger charge is 2.33. The summed E-state index contributed by atoms with van der Waals surface area (Å²) >= 11 is 0. The Morgan fingerprint density at radius 1 is 1.25 bits per heavy atom. The van der Waals surface area contributed by atoms with E-state index in [4.69, 9.17) is 4.74 Å². The molecule has 0 N–H and O–H groups in total. The Morgan fingerprint density at radius 2 is 1.92 bits per heavy atom. The van der Waals surface area contributed by atoms with Crippen molar-refractivity contribution in [3.63, 3.8) is 0 Å².